The van der Waals surface area contributed by atoms with E-state index in [2.05, 4.69) is 10.7 Å². The number of anilines is 3. The van der Waals surface area contributed by atoms with Crippen LogP contribution in [0.2, 0.25) is 0 Å². The molecule has 0 radical (unpaired) electrons. The molecule has 0 aromatic heterocycles. The molecule has 3 aromatic rings. The molecule has 6 heteroatoms. The van der Waals surface area contributed by atoms with Crippen LogP contribution in [-0.2, 0) is 0 Å². The minimum atomic E-state index is -0.846. The first kappa shape index (κ1) is 16.4. The Bertz CT molecular complexity index is 818. The molecule has 126 valence electrons. The third kappa shape index (κ3) is 4.11. The number of hydrogen-bond donors (Lipinski definition) is 2. The summed E-state index contributed by atoms with van der Waals surface area (Å²) in [6.07, 6.45) is 0. The van der Waals surface area contributed by atoms with Crippen molar-refractivity contribution < 1.29 is 13.6 Å². The van der Waals surface area contributed by atoms with E-state index in [1.807, 2.05) is 60.7 Å². The highest BCUT2D eigenvalue weighted by atomic mass is 19.1. The normalized spacial score (nSPS) is 10.2. The molecule has 0 heterocycles. The van der Waals surface area contributed by atoms with E-state index < -0.39 is 17.7 Å². The van der Waals surface area contributed by atoms with E-state index in [9.17, 15) is 13.6 Å². The molecule has 4 nitrogen and oxygen atoms in total. The van der Waals surface area contributed by atoms with Gasteiger partial charge in [0.1, 0.15) is 11.6 Å². The molecule has 0 bridgehead atoms. The average molecular weight is 339 g/mol. The lowest BCUT2D eigenvalue weighted by molar-refractivity contribution is 0.252. The van der Waals surface area contributed by atoms with Gasteiger partial charge in [0.05, 0.1) is 17.1 Å². The summed E-state index contributed by atoms with van der Waals surface area (Å²) in [6, 6.07) is 20.7. The van der Waals surface area contributed by atoms with E-state index in [1.165, 1.54) is 6.07 Å². The Balaban J connectivity index is 1.82. The number of para-hydroxylation sites is 2. The van der Waals surface area contributed by atoms with Crippen molar-refractivity contribution in [2.45, 2.75) is 0 Å². The van der Waals surface area contributed by atoms with E-state index >= 15 is 0 Å². The third-order valence-corrected chi connectivity index (χ3v) is 3.42. The van der Waals surface area contributed by atoms with E-state index in [-0.39, 0.29) is 5.69 Å². The van der Waals surface area contributed by atoms with E-state index in [0.29, 0.717) is 6.07 Å². The summed E-state index contributed by atoms with van der Waals surface area (Å²) < 4.78 is 26.7. The topological polar surface area (TPSA) is 44.4 Å². The van der Waals surface area contributed by atoms with Crippen molar-refractivity contribution in [2.24, 2.45) is 0 Å². The summed E-state index contributed by atoms with van der Waals surface area (Å²) in [5, 5.41) is 3.94. The monoisotopic (exact) mass is 339 g/mol. The number of nitrogens with zero attached hydrogens (tertiary/aromatic N) is 1. The predicted octanol–water partition coefficient (Wildman–Crippen LogP) is 4.84. The Labute approximate surface area is 143 Å². The van der Waals surface area contributed by atoms with Gasteiger partial charge in [-0.1, -0.05) is 36.4 Å². The quantitative estimate of drug-likeness (QED) is 0.668. The van der Waals surface area contributed by atoms with Gasteiger partial charge in [0, 0.05) is 6.07 Å². The largest absolute Gasteiger partial charge is 0.338 e. The Morgan fingerprint density at radius 2 is 1.36 bits per heavy atom. The van der Waals surface area contributed by atoms with Crippen molar-refractivity contribution >= 4 is 23.1 Å². The molecule has 0 fully saturated rings. The van der Waals surface area contributed by atoms with Gasteiger partial charge < -0.3 is 5.32 Å². The summed E-state index contributed by atoms with van der Waals surface area (Å²) >= 11 is 0. The molecule has 3 aromatic carbocycles. The molecule has 2 N–H and O–H groups in total. The lowest BCUT2D eigenvalue weighted by atomic mass is 10.2. The van der Waals surface area contributed by atoms with Crippen LogP contribution < -0.4 is 15.8 Å². The van der Waals surface area contributed by atoms with Gasteiger partial charge in [0.25, 0.3) is 0 Å². The molecule has 0 atom stereocenters. The lowest BCUT2D eigenvalue weighted by Crippen LogP contribution is -2.41. The minimum Gasteiger partial charge on any atom is -0.304 e. The van der Waals surface area contributed by atoms with Crippen molar-refractivity contribution in [3.63, 3.8) is 0 Å². The number of benzene rings is 3. The number of hydrogen-bond acceptors (Lipinski definition) is 2. The number of urea groups is 1. The second-order valence-corrected chi connectivity index (χ2v) is 5.20. The van der Waals surface area contributed by atoms with Gasteiger partial charge in [-0.15, -0.1) is 0 Å². The summed E-state index contributed by atoms with van der Waals surface area (Å²) in [5.74, 6) is -1.56. The second kappa shape index (κ2) is 7.44. The van der Waals surface area contributed by atoms with E-state index in [1.54, 1.807) is 5.01 Å². The lowest BCUT2D eigenvalue weighted by Gasteiger charge is -2.25. The van der Waals surface area contributed by atoms with E-state index in [4.69, 9.17) is 0 Å². The van der Waals surface area contributed by atoms with Crippen molar-refractivity contribution in [3.05, 3.63) is 90.5 Å². The zero-order valence-corrected chi connectivity index (χ0v) is 13.1. The summed E-state index contributed by atoms with van der Waals surface area (Å²) in [5.41, 5.74) is 4.00. The van der Waals surface area contributed by atoms with Gasteiger partial charge in [0.15, 0.2) is 0 Å². The highest BCUT2D eigenvalue weighted by Crippen LogP contribution is 2.23. The Hall–Kier alpha value is -3.41. The molecule has 3 rings (SSSR count). The van der Waals surface area contributed by atoms with Crippen molar-refractivity contribution in [1.82, 2.24) is 5.43 Å². The maximum atomic E-state index is 13.7. The summed E-state index contributed by atoms with van der Waals surface area (Å²) in [6.45, 7) is 0. The summed E-state index contributed by atoms with van der Waals surface area (Å²) in [4.78, 5) is 12.3. The SMILES string of the molecule is O=C(Nc1ccc(F)cc1F)NN(c1ccccc1)c1ccccc1. The number of hydrazine groups is 1. The molecule has 0 saturated heterocycles. The summed E-state index contributed by atoms with van der Waals surface area (Å²) in [7, 11) is 0. The fourth-order valence-corrected chi connectivity index (χ4v) is 2.27. The van der Waals surface area contributed by atoms with Crippen molar-refractivity contribution in [1.29, 1.82) is 0 Å². The van der Waals surface area contributed by atoms with Crippen LogP contribution in [0.15, 0.2) is 78.9 Å². The molecular formula is C19H15F2N3O. The number of halogens is 2. The van der Waals surface area contributed by atoms with E-state index in [0.717, 1.165) is 17.4 Å². The Morgan fingerprint density at radius 3 is 1.88 bits per heavy atom. The first-order valence-corrected chi connectivity index (χ1v) is 7.56. The first-order chi connectivity index (χ1) is 12.1. The molecular weight excluding hydrogens is 324 g/mol. The van der Waals surface area contributed by atoms with Crippen molar-refractivity contribution in [3.8, 4) is 0 Å². The maximum Gasteiger partial charge on any atom is 0.338 e. The van der Waals surface area contributed by atoms with Gasteiger partial charge in [-0.05, 0) is 36.4 Å². The second-order valence-electron chi connectivity index (χ2n) is 5.20. The molecule has 0 aliphatic heterocycles. The van der Waals surface area contributed by atoms with Crippen LogP contribution in [0.5, 0.6) is 0 Å². The van der Waals surface area contributed by atoms with Crippen LogP contribution in [0.3, 0.4) is 0 Å². The molecule has 25 heavy (non-hydrogen) atoms. The Kier molecular flexibility index (Phi) is 4.89. The number of carbonyl (C=O) groups is 1. The number of carbonyl (C=O) groups excluding carboxylic acids is 1. The number of rotatable bonds is 4. The van der Waals surface area contributed by atoms with Gasteiger partial charge >= 0.3 is 6.03 Å². The minimum absolute atomic E-state index is 0.111. The van der Waals surface area contributed by atoms with Gasteiger partial charge in [-0.3, -0.25) is 5.01 Å². The van der Waals surface area contributed by atoms with Crippen LogP contribution in [0.4, 0.5) is 30.6 Å². The fourth-order valence-electron chi connectivity index (χ4n) is 2.27. The molecule has 0 saturated carbocycles. The number of amides is 2. The number of nitrogens with one attached hydrogen (secondary N) is 2. The molecule has 2 amide bonds. The highest BCUT2D eigenvalue weighted by Gasteiger charge is 2.14. The molecule has 0 spiro atoms. The standard InChI is InChI=1S/C19H15F2N3O/c20-14-11-12-18(17(21)13-14)22-19(25)23-24(15-7-3-1-4-8-15)16-9-5-2-6-10-16/h1-13H,(H2,22,23,25). The van der Waals surface area contributed by atoms with Gasteiger partial charge in [-0.2, -0.15) is 0 Å². The highest BCUT2D eigenvalue weighted by molar-refractivity contribution is 5.91. The average Bonchev–Trinajstić information content (AvgIpc) is 2.63. The van der Waals surface area contributed by atoms with Crippen LogP contribution >= 0.6 is 0 Å². The Morgan fingerprint density at radius 1 is 0.800 bits per heavy atom. The zero-order valence-electron chi connectivity index (χ0n) is 13.1. The first-order valence-electron chi connectivity index (χ1n) is 7.56. The molecule has 0 aliphatic carbocycles. The fraction of sp³-hybridized carbons (Fsp3) is 0. The predicted molar refractivity (Wildman–Crippen MR) is 93.5 cm³/mol. The smallest absolute Gasteiger partial charge is 0.304 e. The molecule has 0 aliphatic rings. The van der Waals surface area contributed by atoms with Gasteiger partial charge in [-0.25, -0.2) is 19.0 Å². The van der Waals surface area contributed by atoms with Gasteiger partial charge in [0.2, 0.25) is 0 Å². The van der Waals surface area contributed by atoms with Crippen LogP contribution in [0, 0.1) is 11.6 Å². The van der Waals surface area contributed by atoms with Crippen LogP contribution in [0.1, 0.15) is 0 Å². The van der Waals surface area contributed by atoms with Crippen LogP contribution in [-0.4, -0.2) is 6.03 Å². The maximum absolute atomic E-state index is 13.7. The zero-order chi connectivity index (χ0) is 17.6. The molecule has 0 unspecified atom stereocenters. The van der Waals surface area contributed by atoms with Crippen molar-refractivity contribution in [2.75, 3.05) is 10.3 Å². The third-order valence-electron chi connectivity index (χ3n) is 3.42. The van der Waals surface area contributed by atoms with Crippen LogP contribution in [0.25, 0.3) is 0 Å².